The third kappa shape index (κ3) is 3.10. The maximum Gasteiger partial charge on any atom is 0.414 e. The van der Waals surface area contributed by atoms with Crippen LogP contribution < -0.4 is 10.2 Å². The summed E-state index contributed by atoms with van der Waals surface area (Å²) in [5.41, 5.74) is 1.32. The van der Waals surface area contributed by atoms with Crippen molar-refractivity contribution in [2.24, 2.45) is 5.92 Å². The molecule has 0 saturated carbocycles. The number of ether oxygens (including phenoxy) is 1. The third-order valence-corrected chi connectivity index (χ3v) is 3.10. The standard InChI is InChI=1S/C15H20N2O3/c1-10(2)9-20-15(19)17-11(3)8-14(18)16-12-6-4-5-7-13(12)17/h4-7,10-11H,8-9H2,1-3H3,(H,16,18). The highest BCUT2D eigenvalue weighted by Gasteiger charge is 2.30. The topological polar surface area (TPSA) is 58.6 Å². The molecule has 0 fully saturated rings. The molecule has 1 aliphatic heterocycles. The molecule has 5 nitrogen and oxygen atoms in total. The molecule has 0 aromatic heterocycles. The van der Waals surface area contributed by atoms with Crippen molar-refractivity contribution in [2.75, 3.05) is 16.8 Å². The molecule has 0 spiro atoms. The first-order chi connectivity index (χ1) is 9.49. The first-order valence-electron chi connectivity index (χ1n) is 6.84. The number of amides is 2. The number of fused-ring (bicyclic) bond motifs is 1. The van der Waals surface area contributed by atoms with Crippen LogP contribution in [0.5, 0.6) is 0 Å². The second kappa shape index (κ2) is 5.94. The summed E-state index contributed by atoms with van der Waals surface area (Å²) >= 11 is 0. The summed E-state index contributed by atoms with van der Waals surface area (Å²) in [6, 6.07) is 7.03. The van der Waals surface area contributed by atoms with E-state index in [0.29, 0.717) is 18.0 Å². The molecule has 1 atom stereocenters. The number of nitrogens with zero attached hydrogens (tertiary/aromatic N) is 1. The summed E-state index contributed by atoms with van der Waals surface area (Å²) in [6.45, 7) is 6.18. The highest BCUT2D eigenvalue weighted by Crippen LogP contribution is 2.31. The molecule has 108 valence electrons. The minimum atomic E-state index is -0.407. The summed E-state index contributed by atoms with van der Waals surface area (Å²) in [5.74, 6) is 0.181. The Morgan fingerprint density at radius 2 is 2.15 bits per heavy atom. The molecule has 20 heavy (non-hydrogen) atoms. The fraction of sp³-hybridized carbons (Fsp3) is 0.467. The van der Waals surface area contributed by atoms with Gasteiger partial charge in [-0.25, -0.2) is 4.79 Å². The molecule has 1 aromatic carbocycles. The number of hydrogen-bond donors (Lipinski definition) is 1. The van der Waals surface area contributed by atoms with Gasteiger partial charge in [-0.2, -0.15) is 0 Å². The van der Waals surface area contributed by atoms with Gasteiger partial charge in [0.25, 0.3) is 0 Å². The predicted molar refractivity (Wildman–Crippen MR) is 77.8 cm³/mol. The van der Waals surface area contributed by atoms with Crippen molar-refractivity contribution in [2.45, 2.75) is 33.2 Å². The van der Waals surface area contributed by atoms with Gasteiger partial charge in [0.1, 0.15) is 0 Å². The average Bonchev–Trinajstić information content (AvgIpc) is 2.50. The van der Waals surface area contributed by atoms with E-state index in [1.807, 2.05) is 39.0 Å². The monoisotopic (exact) mass is 276 g/mol. The van der Waals surface area contributed by atoms with Crippen LogP contribution in [0.2, 0.25) is 0 Å². The Morgan fingerprint density at radius 3 is 2.85 bits per heavy atom. The lowest BCUT2D eigenvalue weighted by molar-refractivity contribution is -0.116. The third-order valence-electron chi connectivity index (χ3n) is 3.10. The molecule has 5 heteroatoms. The van der Waals surface area contributed by atoms with E-state index in [9.17, 15) is 9.59 Å². The first-order valence-corrected chi connectivity index (χ1v) is 6.84. The van der Waals surface area contributed by atoms with Crippen molar-refractivity contribution < 1.29 is 14.3 Å². The van der Waals surface area contributed by atoms with Gasteiger partial charge in [0.2, 0.25) is 5.91 Å². The molecule has 0 aliphatic carbocycles. The zero-order valence-corrected chi connectivity index (χ0v) is 12.1. The van der Waals surface area contributed by atoms with Gasteiger partial charge < -0.3 is 10.1 Å². The van der Waals surface area contributed by atoms with Crippen LogP contribution in [0.4, 0.5) is 16.2 Å². The lowest BCUT2D eigenvalue weighted by Gasteiger charge is -2.27. The van der Waals surface area contributed by atoms with Crippen LogP contribution in [0.15, 0.2) is 24.3 Å². The Balaban J connectivity index is 2.30. The van der Waals surface area contributed by atoms with Crippen LogP contribution >= 0.6 is 0 Å². The van der Waals surface area contributed by atoms with Crippen molar-refractivity contribution in [1.29, 1.82) is 0 Å². The van der Waals surface area contributed by atoms with E-state index >= 15 is 0 Å². The van der Waals surface area contributed by atoms with Gasteiger partial charge >= 0.3 is 6.09 Å². The second-order valence-corrected chi connectivity index (χ2v) is 5.46. The molecule has 2 rings (SSSR count). The zero-order valence-electron chi connectivity index (χ0n) is 12.1. The van der Waals surface area contributed by atoms with Crippen LogP contribution in [-0.2, 0) is 9.53 Å². The lowest BCUT2D eigenvalue weighted by Crippen LogP contribution is -2.39. The molecule has 1 unspecified atom stereocenters. The Hall–Kier alpha value is -2.04. The Kier molecular flexibility index (Phi) is 4.27. The maximum atomic E-state index is 12.3. The number of carbonyl (C=O) groups is 2. The van der Waals surface area contributed by atoms with Gasteiger partial charge in [-0.05, 0) is 25.0 Å². The van der Waals surface area contributed by atoms with Crippen molar-refractivity contribution >= 4 is 23.4 Å². The van der Waals surface area contributed by atoms with Crippen LogP contribution in [0, 0.1) is 5.92 Å². The van der Waals surface area contributed by atoms with E-state index in [4.69, 9.17) is 4.74 Å². The van der Waals surface area contributed by atoms with E-state index in [0.717, 1.165) is 0 Å². The molecule has 1 heterocycles. The highest BCUT2D eigenvalue weighted by atomic mass is 16.6. The lowest BCUT2D eigenvalue weighted by atomic mass is 10.2. The van der Waals surface area contributed by atoms with Gasteiger partial charge in [-0.1, -0.05) is 26.0 Å². The van der Waals surface area contributed by atoms with Crippen LogP contribution in [-0.4, -0.2) is 24.6 Å². The fourth-order valence-corrected chi connectivity index (χ4v) is 2.17. The molecular weight excluding hydrogens is 256 g/mol. The fourth-order valence-electron chi connectivity index (χ4n) is 2.17. The van der Waals surface area contributed by atoms with Gasteiger partial charge in [0.15, 0.2) is 0 Å². The largest absolute Gasteiger partial charge is 0.449 e. The molecule has 0 bridgehead atoms. The number of hydrogen-bond acceptors (Lipinski definition) is 3. The van der Waals surface area contributed by atoms with Crippen molar-refractivity contribution in [1.82, 2.24) is 0 Å². The minimum Gasteiger partial charge on any atom is -0.449 e. The van der Waals surface area contributed by atoms with Crippen molar-refractivity contribution in [3.05, 3.63) is 24.3 Å². The summed E-state index contributed by atoms with van der Waals surface area (Å²) in [5, 5.41) is 2.81. The Labute approximate surface area is 118 Å². The van der Waals surface area contributed by atoms with Crippen LogP contribution in [0.25, 0.3) is 0 Å². The molecular formula is C15H20N2O3. The van der Waals surface area contributed by atoms with E-state index in [-0.39, 0.29) is 24.3 Å². The molecule has 0 radical (unpaired) electrons. The molecule has 2 amide bonds. The smallest absolute Gasteiger partial charge is 0.414 e. The maximum absolute atomic E-state index is 12.3. The SMILES string of the molecule is CC(C)COC(=O)N1c2ccccc2NC(=O)CC1C. The van der Waals surface area contributed by atoms with Gasteiger partial charge in [-0.3, -0.25) is 9.69 Å². The summed E-state index contributed by atoms with van der Waals surface area (Å²) in [7, 11) is 0. The number of anilines is 2. The second-order valence-electron chi connectivity index (χ2n) is 5.46. The normalized spacial score (nSPS) is 18.3. The van der Waals surface area contributed by atoms with E-state index < -0.39 is 6.09 Å². The van der Waals surface area contributed by atoms with Crippen molar-refractivity contribution in [3.63, 3.8) is 0 Å². The van der Waals surface area contributed by atoms with E-state index in [2.05, 4.69) is 5.32 Å². The summed E-state index contributed by atoms with van der Waals surface area (Å²) in [6.07, 6.45) is -0.152. The van der Waals surface area contributed by atoms with Crippen LogP contribution in [0.1, 0.15) is 27.2 Å². The van der Waals surface area contributed by atoms with Crippen LogP contribution in [0.3, 0.4) is 0 Å². The number of para-hydroxylation sites is 2. The van der Waals surface area contributed by atoms with Gasteiger partial charge in [-0.15, -0.1) is 0 Å². The number of benzene rings is 1. The predicted octanol–water partition coefficient (Wildman–Crippen LogP) is 3.02. The Morgan fingerprint density at radius 1 is 1.45 bits per heavy atom. The number of nitrogens with one attached hydrogen (secondary N) is 1. The number of rotatable bonds is 2. The van der Waals surface area contributed by atoms with E-state index in [1.165, 1.54) is 0 Å². The van der Waals surface area contributed by atoms with Crippen molar-refractivity contribution in [3.8, 4) is 0 Å². The van der Waals surface area contributed by atoms with Gasteiger partial charge in [0.05, 0.1) is 18.0 Å². The molecule has 1 aliphatic rings. The van der Waals surface area contributed by atoms with Gasteiger partial charge in [0, 0.05) is 12.5 Å². The number of carbonyl (C=O) groups excluding carboxylic acids is 2. The minimum absolute atomic E-state index is 0.0934. The van der Waals surface area contributed by atoms with E-state index in [1.54, 1.807) is 11.0 Å². The quantitative estimate of drug-likeness (QED) is 0.903. The average molecular weight is 276 g/mol. The molecule has 1 aromatic rings. The summed E-state index contributed by atoms with van der Waals surface area (Å²) in [4.78, 5) is 25.7. The Bertz CT molecular complexity index is 514. The summed E-state index contributed by atoms with van der Waals surface area (Å²) < 4.78 is 5.31. The first kappa shape index (κ1) is 14.4. The molecule has 0 saturated heterocycles. The molecule has 1 N–H and O–H groups in total. The zero-order chi connectivity index (χ0) is 14.7. The highest BCUT2D eigenvalue weighted by molar-refractivity contribution is 6.02.